The van der Waals surface area contributed by atoms with Gasteiger partial charge in [-0.05, 0) is 36.8 Å². The van der Waals surface area contributed by atoms with E-state index in [-0.39, 0.29) is 30.7 Å². The molecule has 0 saturated carbocycles. The fourth-order valence-electron chi connectivity index (χ4n) is 4.26. The number of nitrogens with one attached hydrogen (secondary N) is 3. The monoisotopic (exact) mass is 505 g/mol. The van der Waals surface area contributed by atoms with E-state index in [1.165, 1.54) is 6.20 Å². The highest BCUT2D eigenvalue weighted by Gasteiger charge is 2.39. The molecule has 0 spiro atoms. The molecule has 1 aliphatic rings. The predicted octanol–water partition coefficient (Wildman–Crippen LogP) is 3.01. The molecule has 10 nitrogen and oxygen atoms in total. The van der Waals surface area contributed by atoms with Crippen LogP contribution in [0.1, 0.15) is 77.7 Å². The third-order valence-corrected chi connectivity index (χ3v) is 6.80. The maximum Gasteiger partial charge on any atom is 0.329 e. The molecule has 1 aromatic heterocycles. The lowest BCUT2D eigenvalue weighted by atomic mass is 9.88. The standard InChI is InChI=1S/C26H43N5O5/c1-4-26(24(33)34,15-19-12-13-22(27)28-16-19)31-25(35)30-20-11-9-7-5-6-8-10-14-36-17-21(18(2)3)29-23(20)32/h12-13,16,18,20-21H,4-11,14-15,17H2,1-3H3,(H2,27,28)(H,29,32)(H,33,34)(H2,30,31,35)/t20-,21-,26?/m1/s1. The van der Waals surface area contributed by atoms with Crippen molar-refractivity contribution in [1.29, 1.82) is 0 Å². The lowest BCUT2D eigenvalue weighted by Crippen LogP contribution is -2.61. The molecule has 3 atom stereocenters. The Morgan fingerprint density at radius 2 is 1.92 bits per heavy atom. The van der Waals surface area contributed by atoms with Crippen molar-refractivity contribution in [2.45, 2.75) is 96.2 Å². The molecule has 0 bridgehead atoms. The highest BCUT2D eigenvalue weighted by Crippen LogP contribution is 2.19. The van der Waals surface area contributed by atoms with E-state index in [0.29, 0.717) is 31.0 Å². The predicted molar refractivity (Wildman–Crippen MR) is 138 cm³/mol. The molecule has 0 aliphatic carbocycles. The maximum atomic E-state index is 13.2. The van der Waals surface area contributed by atoms with Gasteiger partial charge in [0.25, 0.3) is 0 Å². The average molecular weight is 506 g/mol. The molecule has 1 unspecified atom stereocenters. The minimum atomic E-state index is -1.56. The van der Waals surface area contributed by atoms with Crippen LogP contribution in [0.5, 0.6) is 0 Å². The molecule has 2 heterocycles. The summed E-state index contributed by atoms with van der Waals surface area (Å²) in [6, 6.07) is 1.62. The Bertz CT molecular complexity index is 848. The van der Waals surface area contributed by atoms with Gasteiger partial charge in [0.15, 0.2) is 0 Å². The minimum Gasteiger partial charge on any atom is -0.479 e. The Morgan fingerprint density at radius 1 is 1.22 bits per heavy atom. The average Bonchev–Trinajstić information content (AvgIpc) is 2.83. The first-order valence-electron chi connectivity index (χ1n) is 13.1. The Hall–Kier alpha value is -2.88. The van der Waals surface area contributed by atoms with Crippen molar-refractivity contribution in [3.05, 3.63) is 23.9 Å². The zero-order valence-corrected chi connectivity index (χ0v) is 21.8. The molecule has 0 aromatic carbocycles. The number of amides is 3. The first kappa shape index (κ1) is 29.4. The molecular weight excluding hydrogens is 462 g/mol. The maximum absolute atomic E-state index is 13.2. The smallest absolute Gasteiger partial charge is 0.329 e. The summed E-state index contributed by atoms with van der Waals surface area (Å²) in [5, 5.41) is 18.4. The van der Waals surface area contributed by atoms with E-state index in [2.05, 4.69) is 20.9 Å². The third kappa shape index (κ3) is 9.29. The SMILES string of the molecule is CCC(Cc1ccc(N)nc1)(NC(=O)N[C@@H]1CCCCCCCCOC[C@H](C(C)C)NC1=O)C(=O)O. The number of rotatable bonds is 7. The van der Waals surface area contributed by atoms with Gasteiger partial charge in [0.2, 0.25) is 5.91 Å². The summed E-state index contributed by atoms with van der Waals surface area (Å²) in [5.74, 6) is -0.967. The Balaban J connectivity index is 2.14. The molecule has 2 rings (SSSR count). The zero-order chi connectivity index (χ0) is 26.6. The molecule has 202 valence electrons. The summed E-state index contributed by atoms with van der Waals surface area (Å²) in [6.45, 7) is 6.81. The van der Waals surface area contributed by atoms with E-state index >= 15 is 0 Å². The number of carbonyl (C=O) groups is 3. The number of aliphatic carboxylic acids is 1. The number of urea groups is 1. The van der Waals surface area contributed by atoms with Crippen LogP contribution in [0.15, 0.2) is 18.3 Å². The van der Waals surface area contributed by atoms with Crippen LogP contribution in [0.2, 0.25) is 0 Å². The fourth-order valence-corrected chi connectivity index (χ4v) is 4.26. The van der Waals surface area contributed by atoms with Gasteiger partial charge in [-0.1, -0.05) is 58.9 Å². The van der Waals surface area contributed by atoms with Gasteiger partial charge in [-0.3, -0.25) is 4.79 Å². The summed E-state index contributed by atoms with van der Waals surface area (Å²) in [7, 11) is 0. The second-order valence-electron chi connectivity index (χ2n) is 10.0. The number of nitrogen functional groups attached to an aromatic ring is 1. The number of aromatic nitrogens is 1. The first-order chi connectivity index (χ1) is 17.2. The van der Waals surface area contributed by atoms with Gasteiger partial charge in [0.05, 0.1) is 12.6 Å². The van der Waals surface area contributed by atoms with Crippen LogP contribution in [0.25, 0.3) is 0 Å². The summed E-state index contributed by atoms with van der Waals surface area (Å²) in [5.41, 5.74) is 4.70. The van der Waals surface area contributed by atoms with Gasteiger partial charge >= 0.3 is 12.0 Å². The lowest BCUT2D eigenvalue weighted by molar-refractivity contribution is -0.144. The molecule has 1 saturated heterocycles. The van der Waals surface area contributed by atoms with Crippen molar-refractivity contribution in [2.24, 2.45) is 5.92 Å². The largest absolute Gasteiger partial charge is 0.479 e. The number of carboxylic acid groups (broad SMARTS) is 1. The molecule has 1 fully saturated rings. The van der Waals surface area contributed by atoms with Gasteiger partial charge in [-0.25, -0.2) is 14.6 Å². The summed E-state index contributed by atoms with van der Waals surface area (Å²) >= 11 is 0. The van der Waals surface area contributed by atoms with Gasteiger partial charge in [-0.2, -0.15) is 0 Å². The van der Waals surface area contributed by atoms with Crippen molar-refractivity contribution >= 4 is 23.7 Å². The Morgan fingerprint density at radius 3 is 2.53 bits per heavy atom. The van der Waals surface area contributed by atoms with Crippen molar-refractivity contribution in [3.8, 4) is 0 Å². The first-order valence-corrected chi connectivity index (χ1v) is 13.1. The third-order valence-electron chi connectivity index (χ3n) is 6.80. The van der Waals surface area contributed by atoms with Crippen LogP contribution in [0.4, 0.5) is 10.6 Å². The second kappa shape index (κ2) is 14.6. The van der Waals surface area contributed by atoms with Gasteiger partial charge in [0, 0.05) is 19.2 Å². The number of nitrogens with zero attached hydrogens (tertiary/aromatic N) is 1. The Labute approximate surface area is 214 Å². The van der Waals surface area contributed by atoms with E-state index in [1.54, 1.807) is 19.1 Å². The molecule has 6 N–H and O–H groups in total. The van der Waals surface area contributed by atoms with Crippen molar-refractivity contribution in [1.82, 2.24) is 20.9 Å². The van der Waals surface area contributed by atoms with E-state index < -0.39 is 23.6 Å². The van der Waals surface area contributed by atoms with Crippen LogP contribution in [0.3, 0.4) is 0 Å². The van der Waals surface area contributed by atoms with Crippen LogP contribution < -0.4 is 21.7 Å². The lowest BCUT2D eigenvalue weighted by Gasteiger charge is -2.31. The minimum absolute atomic E-state index is 0.0309. The number of carboxylic acids is 1. The van der Waals surface area contributed by atoms with Crippen LogP contribution in [0, 0.1) is 5.92 Å². The molecule has 10 heteroatoms. The number of pyridine rings is 1. The number of hydrogen-bond acceptors (Lipinski definition) is 6. The molecule has 3 amide bonds. The van der Waals surface area contributed by atoms with Crippen LogP contribution in [-0.2, 0) is 20.7 Å². The fraction of sp³-hybridized carbons (Fsp3) is 0.692. The van der Waals surface area contributed by atoms with Crippen LogP contribution in [-0.4, -0.2) is 58.8 Å². The number of hydrogen-bond donors (Lipinski definition) is 5. The van der Waals surface area contributed by atoms with E-state index in [0.717, 1.165) is 38.5 Å². The van der Waals surface area contributed by atoms with E-state index in [4.69, 9.17) is 10.5 Å². The molecule has 0 radical (unpaired) electrons. The van der Waals surface area contributed by atoms with Gasteiger partial charge in [0.1, 0.15) is 17.4 Å². The number of ether oxygens (including phenoxy) is 1. The second-order valence-corrected chi connectivity index (χ2v) is 10.0. The molecular formula is C26H43N5O5. The Kier molecular flexibility index (Phi) is 11.9. The van der Waals surface area contributed by atoms with Gasteiger partial charge in [-0.15, -0.1) is 0 Å². The van der Waals surface area contributed by atoms with Gasteiger partial charge < -0.3 is 31.5 Å². The number of nitrogens with two attached hydrogens (primary N) is 1. The number of anilines is 1. The molecule has 1 aromatic rings. The quantitative estimate of drug-likeness (QED) is 0.381. The van der Waals surface area contributed by atoms with Crippen LogP contribution >= 0.6 is 0 Å². The number of carbonyl (C=O) groups excluding carboxylic acids is 2. The van der Waals surface area contributed by atoms with Crippen molar-refractivity contribution < 1.29 is 24.2 Å². The summed E-state index contributed by atoms with van der Waals surface area (Å²) in [4.78, 5) is 42.5. The zero-order valence-electron chi connectivity index (χ0n) is 21.8. The summed E-state index contributed by atoms with van der Waals surface area (Å²) in [6.07, 6.45) is 8.18. The van der Waals surface area contributed by atoms with Crippen molar-refractivity contribution in [2.75, 3.05) is 18.9 Å². The van der Waals surface area contributed by atoms with Crippen molar-refractivity contribution in [3.63, 3.8) is 0 Å². The highest BCUT2D eigenvalue weighted by molar-refractivity contribution is 5.90. The molecule has 1 aliphatic heterocycles. The summed E-state index contributed by atoms with van der Waals surface area (Å²) < 4.78 is 5.80. The highest BCUT2D eigenvalue weighted by atomic mass is 16.5. The molecule has 36 heavy (non-hydrogen) atoms. The topological polar surface area (TPSA) is 156 Å². The van der Waals surface area contributed by atoms with E-state index in [1.807, 2.05) is 13.8 Å². The normalized spacial score (nSPS) is 22.1. The van der Waals surface area contributed by atoms with E-state index in [9.17, 15) is 19.5 Å².